The van der Waals surface area contributed by atoms with Crippen LogP contribution in [-0.4, -0.2) is 28.2 Å². The van der Waals surface area contributed by atoms with Crippen LogP contribution >= 0.6 is 0 Å². The first-order valence-corrected chi connectivity index (χ1v) is 4.68. The molecule has 1 fully saturated rings. The second-order valence-corrected chi connectivity index (χ2v) is 3.54. The first kappa shape index (κ1) is 8.72. The number of aryl methyl sites for hydroxylation is 1. The van der Waals surface area contributed by atoms with Gasteiger partial charge in [0.25, 0.3) is 0 Å². The molecule has 4 nitrogen and oxygen atoms in total. The summed E-state index contributed by atoms with van der Waals surface area (Å²) in [7, 11) is 0. The minimum atomic E-state index is 0.000981. The highest BCUT2D eigenvalue weighted by Gasteiger charge is 2.21. The van der Waals surface area contributed by atoms with Gasteiger partial charge in [0.2, 0.25) is 0 Å². The van der Waals surface area contributed by atoms with Crippen molar-refractivity contribution in [1.82, 2.24) is 15.3 Å². The molecule has 0 saturated carbocycles. The third-order valence-electron chi connectivity index (χ3n) is 2.57. The average molecular weight is 181 g/mol. The van der Waals surface area contributed by atoms with E-state index in [2.05, 4.69) is 15.3 Å². The zero-order valence-electron chi connectivity index (χ0n) is 7.80. The molecular formula is C9H15N3O. The first-order chi connectivity index (χ1) is 6.31. The van der Waals surface area contributed by atoms with Gasteiger partial charge in [-0.25, -0.2) is 4.98 Å². The number of aliphatic hydroxyl groups is 1. The van der Waals surface area contributed by atoms with Gasteiger partial charge in [0.05, 0.1) is 5.69 Å². The van der Waals surface area contributed by atoms with E-state index >= 15 is 0 Å². The Labute approximate surface area is 77.4 Å². The molecule has 2 heterocycles. The molecule has 1 saturated heterocycles. The molecule has 2 rings (SSSR count). The minimum absolute atomic E-state index is 0.000981. The number of aromatic nitrogens is 2. The monoisotopic (exact) mass is 181 g/mol. The maximum atomic E-state index is 8.91. The van der Waals surface area contributed by atoms with E-state index in [-0.39, 0.29) is 6.61 Å². The molecule has 1 unspecified atom stereocenters. The Balaban J connectivity index is 2.22. The lowest BCUT2D eigenvalue weighted by Gasteiger charge is -2.04. The van der Waals surface area contributed by atoms with Crippen molar-refractivity contribution in [2.75, 3.05) is 13.1 Å². The molecule has 0 amide bonds. The maximum Gasteiger partial charge on any atom is 0.132 e. The van der Waals surface area contributed by atoms with Crippen molar-refractivity contribution in [2.24, 2.45) is 0 Å². The van der Waals surface area contributed by atoms with Crippen LogP contribution in [0.25, 0.3) is 0 Å². The molecule has 0 spiro atoms. The van der Waals surface area contributed by atoms with Crippen molar-refractivity contribution in [2.45, 2.75) is 25.9 Å². The Bertz CT molecular complexity index is 289. The lowest BCUT2D eigenvalue weighted by atomic mass is 10.0. The largest absolute Gasteiger partial charge is 0.388 e. The lowest BCUT2D eigenvalue weighted by Crippen LogP contribution is -2.08. The normalized spacial score (nSPS) is 22.5. The Morgan fingerprint density at radius 2 is 2.46 bits per heavy atom. The van der Waals surface area contributed by atoms with Gasteiger partial charge in [-0.2, -0.15) is 0 Å². The number of nitrogens with zero attached hydrogens (tertiary/aromatic N) is 1. The second-order valence-electron chi connectivity index (χ2n) is 3.54. The summed E-state index contributed by atoms with van der Waals surface area (Å²) in [6.07, 6.45) is 1.15. The summed E-state index contributed by atoms with van der Waals surface area (Å²) in [5.41, 5.74) is 2.21. The van der Waals surface area contributed by atoms with Gasteiger partial charge in [-0.1, -0.05) is 0 Å². The van der Waals surface area contributed by atoms with Crippen molar-refractivity contribution >= 4 is 0 Å². The van der Waals surface area contributed by atoms with E-state index in [1.165, 1.54) is 0 Å². The van der Waals surface area contributed by atoms with Gasteiger partial charge in [0.1, 0.15) is 12.4 Å². The number of H-pyrrole nitrogens is 1. The van der Waals surface area contributed by atoms with E-state index in [0.717, 1.165) is 30.9 Å². The van der Waals surface area contributed by atoms with Gasteiger partial charge in [-0.05, 0) is 19.9 Å². The summed E-state index contributed by atoms with van der Waals surface area (Å²) in [4.78, 5) is 7.45. The number of nitrogens with one attached hydrogen (secondary N) is 2. The Hall–Kier alpha value is -0.870. The molecular weight excluding hydrogens is 166 g/mol. The maximum absolute atomic E-state index is 8.91. The van der Waals surface area contributed by atoms with Crippen LogP contribution in [0.1, 0.15) is 29.6 Å². The molecule has 0 radical (unpaired) electrons. The molecule has 1 aromatic rings. The minimum Gasteiger partial charge on any atom is -0.388 e. The van der Waals surface area contributed by atoms with Gasteiger partial charge in [0, 0.05) is 18.2 Å². The highest BCUT2D eigenvalue weighted by molar-refractivity contribution is 5.19. The van der Waals surface area contributed by atoms with E-state index < -0.39 is 0 Å². The summed E-state index contributed by atoms with van der Waals surface area (Å²) < 4.78 is 0. The topological polar surface area (TPSA) is 60.9 Å². The molecule has 13 heavy (non-hydrogen) atoms. The number of rotatable bonds is 2. The highest BCUT2D eigenvalue weighted by atomic mass is 16.3. The average Bonchev–Trinajstić information content (AvgIpc) is 2.72. The fourth-order valence-electron chi connectivity index (χ4n) is 1.90. The third kappa shape index (κ3) is 1.59. The molecule has 4 heteroatoms. The number of aliphatic hydroxyl groups excluding tert-OH is 1. The van der Waals surface area contributed by atoms with Crippen molar-refractivity contribution in [3.05, 3.63) is 17.2 Å². The molecule has 0 bridgehead atoms. The van der Waals surface area contributed by atoms with E-state index in [0.29, 0.717) is 11.7 Å². The van der Waals surface area contributed by atoms with Crippen LogP contribution in [0.15, 0.2) is 0 Å². The summed E-state index contributed by atoms with van der Waals surface area (Å²) in [5, 5.41) is 12.2. The van der Waals surface area contributed by atoms with Gasteiger partial charge in [0.15, 0.2) is 0 Å². The van der Waals surface area contributed by atoms with Crippen LogP contribution in [0.3, 0.4) is 0 Å². The fourth-order valence-corrected chi connectivity index (χ4v) is 1.90. The van der Waals surface area contributed by atoms with Crippen LogP contribution in [0, 0.1) is 6.92 Å². The fraction of sp³-hybridized carbons (Fsp3) is 0.667. The molecule has 0 aliphatic carbocycles. The summed E-state index contributed by atoms with van der Waals surface area (Å²) in [6.45, 7) is 4.10. The summed E-state index contributed by atoms with van der Waals surface area (Å²) >= 11 is 0. The predicted octanol–water partition coefficient (Wildman–Crippen LogP) is 0.287. The lowest BCUT2D eigenvalue weighted by molar-refractivity contribution is 0.272. The van der Waals surface area contributed by atoms with Crippen molar-refractivity contribution in [1.29, 1.82) is 0 Å². The second kappa shape index (κ2) is 3.47. The Morgan fingerprint density at radius 1 is 1.62 bits per heavy atom. The van der Waals surface area contributed by atoms with Crippen molar-refractivity contribution < 1.29 is 5.11 Å². The van der Waals surface area contributed by atoms with Crippen molar-refractivity contribution in [3.8, 4) is 0 Å². The standard InChI is InChI=1S/C9H15N3O/c1-6-9(7-2-3-10-4-7)12-8(5-13)11-6/h7,10,13H,2-5H2,1H3,(H,11,12). The summed E-state index contributed by atoms with van der Waals surface area (Å²) in [5.74, 6) is 1.20. The van der Waals surface area contributed by atoms with E-state index in [9.17, 15) is 0 Å². The molecule has 3 N–H and O–H groups in total. The van der Waals surface area contributed by atoms with E-state index in [1.807, 2.05) is 6.92 Å². The molecule has 1 aliphatic heterocycles. The predicted molar refractivity (Wildman–Crippen MR) is 49.5 cm³/mol. The number of imidazole rings is 1. The molecule has 1 aliphatic rings. The van der Waals surface area contributed by atoms with Gasteiger partial charge < -0.3 is 15.4 Å². The smallest absolute Gasteiger partial charge is 0.132 e. The van der Waals surface area contributed by atoms with Crippen molar-refractivity contribution in [3.63, 3.8) is 0 Å². The number of hydrogen-bond donors (Lipinski definition) is 3. The Morgan fingerprint density at radius 3 is 3.00 bits per heavy atom. The first-order valence-electron chi connectivity index (χ1n) is 4.68. The highest BCUT2D eigenvalue weighted by Crippen LogP contribution is 2.23. The number of hydrogen-bond acceptors (Lipinski definition) is 3. The zero-order chi connectivity index (χ0) is 9.26. The van der Waals surface area contributed by atoms with Crippen LogP contribution in [0.2, 0.25) is 0 Å². The van der Waals surface area contributed by atoms with Crippen LogP contribution < -0.4 is 5.32 Å². The molecule has 1 atom stereocenters. The van der Waals surface area contributed by atoms with Gasteiger partial charge >= 0.3 is 0 Å². The molecule has 1 aromatic heterocycles. The van der Waals surface area contributed by atoms with Crippen LogP contribution in [0.5, 0.6) is 0 Å². The van der Waals surface area contributed by atoms with E-state index in [4.69, 9.17) is 5.11 Å². The van der Waals surface area contributed by atoms with E-state index in [1.54, 1.807) is 0 Å². The van der Waals surface area contributed by atoms with Gasteiger partial charge in [-0.3, -0.25) is 0 Å². The number of aromatic amines is 1. The van der Waals surface area contributed by atoms with Gasteiger partial charge in [-0.15, -0.1) is 0 Å². The molecule has 0 aromatic carbocycles. The molecule has 72 valence electrons. The quantitative estimate of drug-likeness (QED) is 0.614. The zero-order valence-corrected chi connectivity index (χ0v) is 7.80. The van der Waals surface area contributed by atoms with Crippen LogP contribution in [0.4, 0.5) is 0 Å². The van der Waals surface area contributed by atoms with Crippen LogP contribution in [-0.2, 0) is 6.61 Å². The Kier molecular flexibility index (Phi) is 2.33. The summed E-state index contributed by atoms with van der Waals surface area (Å²) in [6, 6.07) is 0. The third-order valence-corrected chi connectivity index (χ3v) is 2.57. The SMILES string of the molecule is Cc1[nH]c(CO)nc1C1CCNC1.